The molecule has 0 saturated heterocycles. The third kappa shape index (κ3) is 1.66. The van der Waals surface area contributed by atoms with E-state index >= 15 is 0 Å². The molecule has 1 atom stereocenters. The zero-order valence-electron chi connectivity index (χ0n) is 10.2. The van der Waals surface area contributed by atoms with Gasteiger partial charge in [0.15, 0.2) is 0 Å². The molecule has 1 heterocycles. The first-order valence-corrected chi connectivity index (χ1v) is 5.93. The monoisotopic (exact) mass is 224 g/mol. The average Bonchev–Trinajstić information content (AvgIpc) is 2.70. The van der Waals surface area contributed by atoms with Crippen LogP contribution in [0.4, 0.5) is 5.69 Å². The van der Waals surface area contributed by atoms with Gasteiger partial charge in [-0.05, 0) is 29.8 Å². The van der Waals surface area contributed by atoms with Crippen LogP contribution in [-0.4, -0.2) is 18.1 Å². The molecule has 0 aliphatic carbocycles. The molecule has 0 bridgehead atoms. The minimum Gasteiger partial charge on any atom is -0.359 e. The van der Waals surface area contributed by atoms with Crippen LogP contribution in [0.1, 0.15) is 6.92 Å². The molecule has 0 amide bonds. The molecule has 86 valence electrons. The van der Waals surface area contributed by atoms with Crippen molar-refractivity contribution in [2.75, 3.05) is 11.9 Å². The Bertz CT molecular complexity index is 574. The summed E-state index contributed by atoms with van der Waals surface area (Å²) in [5.74, 6) is 0. The molecule has 1 unspecified atom stereocenters. The zero-order chi connectivity index (χ0) is 11.8. The Morgan fingerprint density at radius 3 is 2.41 bits per heavy atom. The summed E-state index contributed by atoms with van der Waals surface area (Å²) < 4.78 is 0. The van der Waals surface area contributed by atoms with E-state index in [1.165, 1.54) is 16.5 Å². The predicted octanol–water partition coefficient (Wildman–Crippen LogP) is 3.41. The first kappa shape index (κ1) is 10.2. The molecule has 2 aromatic carbocycles. The van der Waals surface area contributed by atoms with Crippen LogP contribution in [0, 0.1) is 0 Å². The van der Waals surface area contributed by atoms with Gasteiger partial charge in [-0.25, -0.2) is 0 Å². The lowest BCUT2D eigenvalue weighted by Gasteiger charge is -2.27. The van der Waals surface area contributed by atoms with Crippen molar-refractivity contribution in [1.29, 1.82) is 0 Å². The Hall–Kier alpha value is -1.96. The van der Waals surface area contributed by atoms with Crippen molar-refractivity contribution >= 4 is 16.5 Å². The molecular formula is C15H16N2. The summed E-state index contributed by atoms with van der Waals surface area (Å²) in [6, 6.07) is 15.1. The van der Waals surface area contributed by atoms with E-state index in [4.69, 9.17) is 0 Å². The van der Waals surface area contributed by atoms with Gasteiger partial charge in [0.2, 0.25) is 0 Å². The van der Waals surface area contributed by atoms with E-state index in [2.05, 4.69) is 78.6 Å². The lowest BCUT2D eigenvalue weighted by molar-refractivity contribution is 0.383. The molecule has 1 aliphatic rings. The normalized spacial score (nSPS) is 19.3. The molecular weight excluding hydrogens is 208 g/mol. The van der Waals surface area contributed by atoms with E-state index in [1.807, 2.05) is 0 Å². The third-order valence-corrected chi connectivity index (χ3v) is 3.49. The maximum absolute atomic E-state index is 2.28. The standard InChI is InChI=1S/C15H16N2/c1-12-16(2)9-10-17(12)15-8-7-13-5-3-4-6-14(13)11-15/h3-12H,1-2H3. The molecule has 2 heteroatoms. The zero-order valence-corrected chi connectivity index (χ0v) is 10.2. The van der Waals surface area contributed by atoms with Gasteiger partial charge in [0.1, 0.15) is 6.17 Å². The average molecular weight is 224 g/mol. The lowest BCUT2D eigenvalue weighted by Crippen LogP contribution is -2.33. The molecule has 17 heavy (non-hydrogen) atoms. The van der Waals surface area contributed by atoms with Crippen molar-refractivity contribution in [3.8, 4) is 0 Å². The highest BCUT2D eigenvalue weighted by atomic mass is 15.4. The largest absolute Gasteiger partial charge is 0.359 e. The Balaban J connectivity index is 2.04. The second-order valence-electron chi connectivity index (χ2n) is 4.53. The Morgan fingerprint density at radius 2 is 1.71 bits per heavy atom. The van der Waals surface area contributed by atoms with Crippen LogP contribution in [0.2, 0.25) is 0 Å². The smallest absolute Gasteiger partial charge is 0.102 e. The van der Waals surface area contributed by atoms with Gasteiger partial charge >= 0.3 is 0 Å². The molecule has 0 spiro atoms. The molecule has 0 saturated carbocycles. The minimum absolute atomic E-state index is 0.385. The van der Waals surface area contributed by atoms with Crippen LogP contribution in [0.3, 0.4) is 0 Å². The van der Waals surface area contributed by atoms with E-state index in [9.17, 15) is 0 Å². The van der Waals surface area contributed by atoms with Crippen molar-refractivity contribution in [3.05, 3.63) is 54.9 Å². The van der Waals surface area contributed by atoms with Gasteiger partial charge in [-0.3, -0.25) is 0 Å². The highest BCUT2D eigenvalue weighted by Crippen LogP contribution is 2.26. The second kappa shape index (κ2) is 3.81. The fourth-order valence-corrected chi connectivity index (χ4v) is 2.26. The molecule has 2 aromatic rings. The van der Waals surface area contributed by atoms with Crippen molar-refractivity contribution < 1.29 is 0 Å². The van der Waals surface area contributed by atoms with Gasteiger partial charge < -0.3 is 9.80 Å². The van der Waals surface area contributed by atoms with Gasteiger partial charge in [-0.2, -0.15) is 0 Å². The van der Waals surface area contributed by atoms with Gasteiger partial charge in [0.25, 0.3) is 0 Å². The Labute approximate surface area is 102 Å². The number of rotatable bonds is 1. The molecule has 2 nitrogen and oxygen atoms in total. The number of anilines is 1. The number of benzene rings is 2. The van der Waals surface area contributed by atoms with Gasteiger partial charge in [-0.15, -0.1) is 0 Å². The number of nitrogens with zero attached hydrogens (tertiary/aromatic N) is 2. The van der Waals surface area contributed by atoms with Crippen molar-refractivity contribution in [3.63, 3.8) is 0 Å². The van der Waals surface area contributed by atoms with E-state index in [0.717, 1.165) is 0 Å². The quantitative estimate of drug-likeness (QED) is 0.732. The van der Waals surface area contributed by atoms with Crippen LogP contribution in [0.5, 0.6) is 0 Å². The molecule has 0 N–H and O–H groups in total. The summed E-state index contributed by atoms with van der Waals surface area (Å²) in [6.45, 7) is 2.20. The van der Waals surface area contributed by atoms with Crippen LogP contribution in [0.15, 0.2) is 54.9 Å². The van der Waals surface area contributed by atoms with E-state index in [-0.39, 0.29) is 0 Å². The summed E-state index contributed by atoms with van der Waals surface area (Å²) >= 11 is 0. The highest BCUT2D eigenvalue weighted by Gasteiger charge is 2.19. The highest BCUT2D eigenvalue weighted by molar-refractivity contribution is 5.86. The van der Waals surface area contributed by atoms with Gasteiger partial charge in [-0.1, -0.05) is 30.3 Å². The predicted molar refractivity (Wildman–Crippen MR) is 72.8 cm³/mol. The number of hydrogen-bond donors (Lipinski definition) is 0. The summed E-state index contributed by atoms with van der Waals surface area (Å²) in [5.41, 5.74) is 1.25. The van der Waals surface area contributed by atoms with E-state index in [1.54, 1.807) is 0 Å². The first-order chi connectivity index (χ1) is 8.25. The third-order valence-electron chi connectivity index (χ3n) is 3.49. The van der Waals surface area contributed by atoms with Crippen LogP contribution in [0.25, 0.3) is 10.8 Å². The fraction of sp³-hybridized carbons (Fsp3) is 0.200. The SMILES string of the molecule is CC1N(C)C=CN1c1ccc2ccccc2c1. The van der Waals surface area contributed by atoms with Crippen LogP contribution < -0.4 is 4.90 Å². The van der Waals surface area contributed by atoms with E-state index in [0.29, 0.717) is 6.17 Å². The molecule has 0 aromatic heterocycles. The molecule has 1 aliphatic heterocycles. The summed E-state index contributed by atoms with van der Waals surface area (Å²) in [6.07, 6.45) is 4.63. The molecule has 3 rings (SSSR count). The van der Waals surface area contributed by atoms with Crippen LogP contribution in [-0.2, 0) is 0 Å². The lowest BCUT2D eigenvalue weighted by atomic mass is 10.1. The van der Waals surface area contributed by atoms with Crippen molar-refractivity contribution in [2.24, 2.45) is 0 Å². The Morgan fingerprint density at radius 1 is 0.941 bits per heavy atom. The summed E-state index contributed by atoms with van der Waals surface area (Å²) in [4.78, 5) is 4.49. The van der Waals surface area contributed by atoms with Crippen molar-refractivity contribution in [1.82, 2.24) is 4.90 Å². The Kier molecular flexibility index (Phi) is 2.29. The summed E-state index contributed by atoms with van der Waals surface area (Å²) in [7, 11) is 2.10. The number of fused-ring (bicyclic) bond motifs is 1. The van der Waals surface area contributed by atoms with Gasteiger partial charge in [0, 0.05) is 25.1 Å². The van der Waals surface area contributed by atoms with Crippen molar-refractivity contribution in [2.45, 2.75) is 13.1 Å². The molecule has 0 fully saturated rings. The fourth-order valence-electron chi connectivity index (χ4n) is 2.26. The minimum atomic E-state index is 0.385. The summed E-state index contributed by atoms with van der Waals surface area (Å²) in [5, 5.41) is 2.58. The maximum atomic E-state index is 2.28. The maximum Gasteiger partial charge on any atom is 0.102 e. The van der Waals surface area contributed by atoms with Gasteiger partial charge in [0.05, 0.1) is 0 Å². The topological polar surface area (TPSA) is 6.48 Å². The number of hydrogen-bond acceptors (Lipinski definition) is 2. The van der Waals surface area contributed by atoms with E-state index < -0.39 is 0 Å². The first-order valence-electron chi connectivity index (χ1n) is 5.93. The van der Waals surface area contributed by atoms with Crippen LogP contribution >= 0.6 is 0 Å². The second-order valence-corrected chi connectivity index (χ2v) is 4.53. The molecule has 0 radical (unpaired) electrons.